The number of nitrogens with zero attached hydrogens (tertiary/aromatic N) is 3. The summed E-state index contributed by atoms with van der Waals surface area (Å²) in [5.41, 5.74) is 4.07. The van der Waals surface area contributed by atoms with Crippen LogP contribution in [-0.4, -0.2) is 36.2 Å². The Morgan fingerprint density at radius 3 is 2.25 bits per heavy atom. The Balaban J connectivity index is 1.48. The molecule has 0 spiro atoms. The molecule has 1 aliphatic heterocycles. The summed E-state index contributed by atoms with van der Waals surface area (Å²) in [6, 6.07) is 23.9. The van der Waals surface area contributed by atoms with Crippen molar-refractivity contribution in [3.63, 3.8) is 0 Å². The third-order valence-electron chi connectivity index (χ3n) is 6.06. The second-order valence-corrected chi connectivity index (χ2v) is 8.00. The van der Waals surface area contributed by atoms with Crippen LogP contribution in [0.5, 0.6) is 11.5 Å². The predicted molar refractivity (Wildman–Crippen MR) is 125 cm³/mol. The average Bonchev–Trinajstić information content (AvgIpc) is 3.40. The number of amides is 1. The summed E-state index contributed by atoms with van der Waals surface area (Å²) in [7, 11) is 3.31. The van der Waals surface area contributed by atoms with Gasteiger partial charge >= 0.3 is 0 Å². The number of hydrogen-bond donors (Lipinski definition) is 0. The minimum atomic E-state index is 0.0234. The van der Waals surface area contributed by atoms with Gasteiger partial charge in [-0.05, 0) is 54.1 Å². The molecule has 0 bridgehead atoms. The van der Waals surface area contributed by atoms with E-state index in [0.29, 0.717) is 19.5 Å². The highest BCUT2D eigenvalue weighted by atomic mass is 16.5. The summed E-state index contributed by atoms with van der Waals surface area (Å²) < 4.78 is 12.8. The fourth-order valence-corrected chi connectivity index (χ4v) is 4.38. The van der Waals surface area contributed by atoms with Crippen molar-refractivity contribution in [1.82, 2.24) is 9.55 Å². The van der Waals surface area contributed by atoms with Gasteiger partial charge in [-0.3, -0.25) is 4.79 Å². The zero-order valence-corrected chi connectivity index (χ0v) is 18.2. The van der Waals surface area contributed by atoms with Crippen LogP contribution < -0.4 is 14.4 Å². The molecule has 6 nitrogen and oxygen atoms in total. The number of fused-ring (bicyclic) bond motifs is 1. The van der Waals surface area contributed by atoms with Crippen molar-refractivity contribution in [2.24, 2.45) is 0 Å². The molecule has 0 N–H and O–H groups in total. The van der Waals surface area contributed by atoms with Crippen molar-refractivity contribution in [2.45, 2.75) is 18.9 Å². The largest absolute Gasteiger partial charge is 0.497 e. The van der Waals surface area contributed by atoms with Crippen molar-refractivity contribution >= 4 is 22.6 Å². The molecule has 3 aromatic carbocycles. The Labute approximate surface area is 187 Å². The van der Waals surface area contributed by atoms with E-state index in [1.54, 1.807) is 14.2 Å². The van der Waals surface area contributed by atoms with Crippen LogP contribution >= 0.6 is 0 Å². The molecule has 1 atom stereocenters. The Bertz CT molecular complexity index is 1250. The summed E-state index contributed by atoms with van der Waals surface area (Å²) in [5.74, 6) is 2.70. The van der Waals surface area contributed by atoms with E-state index in [1.807, 2.05) is 59.5 Å². The molecule has 162 valence electrons. The van der Waals surface area contributed by atoms with Gasteiger partial charge in [0.05, 0.1) is 25.3 Å². The van der Waals surface area contributed by atoms with Crippen LogP contribution in [0.15, 0.2) is 72.8 Å². The van der Waals surface area contributed by atoms with Crippen molar-refractivity contribution in [3.8, 4) is 11.5 Å². The molecule has 0 radical (unpaired) electrons. The minimum Gasteiger partial charge on any atom is -0.497 e. The Kier molecular flexibility index (Phi) is 5.27. The van der Waals surface area contributed by atoms with Gasteiger partial charge in [-0.1, -0.05) is 24.3 Å². The number of rotatable bonds is 6. The van der Waals surface area contributed by atoms with Crippen molar-refractivity contribution in [2.75, 3.05) is 25.7 Å². The average molecular weight is 428 g/mol. The minimum absolute atomic E-state index is 0.0234. The summed E-state index contributed by atoms with van der Waals surface area (Å²) >= 11 is 0. The molecule has 1 saturated heterocycles. The molecule has 0 unspecified atom stereocenters. The summed E-state index contributed by atoms with van der Waals surface area (Å²) in [4.78, 5) is 19.7. The lowest BCUT2D eigenvalue weighted by Gasteiger charge is -2.18. The van der Waals surface area contributed by atoms with E-state index in [-0.39, 0.29) is 11.8 Å². The summed E-state index contributed by atoms with van der Waals surface area (Å²) in [6.07, 6.45) is 0.442. The fraction of sp³-hybridized carbons (Fsp3) is 0.231. The first-order valence-corrected chi connectivity index (χ1v) is 10.7. The highest BCUT2D eigenvalue weighted by Gasteiger charge is 2.34. The van der Waals surface area contributed by atoms with Gasteiger partial charge in [-0.15, -0.1) is 0 Å². The van der Waals surface area contributed by atoms with Crippen LogP contribution in [0.3, 0.4) is 0 Å². The lowest BCUT2D eigenvalue weighted by molar-refractivity contribution is -0.117. The normalized spacial score (nSPS) is 16.0. The number of imidazole rings is 1. The maximum Gasteiger partial charge on any atom is 0.227 e. The Hall–Kier alpha value is -3.80. The molecular weight excluding hydrogens is 402 g/mol. The molecule has 32 heavy (non-hydrogen) atoms. The zero-order chi connectivity index (χ0) is 22.1. The van der Waals surface area contributed by atoms with E-state index in [2.05, 4.69) is 22.8 Å². The van der Waals surface area contributed by atoms with Crippen LogP contribution in [0.4, 0.5) is 5.69 Å². The topological polar surface area (TPSA) is 56.6 Å². The number of para-hydroxylation sites is 2. The van der Waals surface area contributed by atoms with E-state index >= 15 is 0 Å². The van der Waals surface area contributed by atoms with Crippen LogP contribution in [-0.2, 0) is 11.3 Å². The third-order valence-corrected chi connectivity index (χ3v) is 6.06. The molecule has 2 heterocycles. The number of aromatic nitrogens is 2. The smallest absolute Gasteiger partial charge is 0.227 e. The number of carbonyl (C=O) groups is 1. The van der Waals surface area contributed by atoms with E-state index in [9.17, 15) is 4.79 Å². The first kappa shape index (κ1) is 20.1. The number of ether oxygens (including phenoxy) is 2. The first-order valence-electron chi connectivity index (χ1n) is 10.7. The number of anilines is 1. The molecule has 0 saturated carbocycles. The van der Waals surface area contributed by atoms with Crippen molar-refractivity contribution < 1.29 is 14.3 Å². The van der Waals surface area contributed by atoms with Gasteiger partial charge in [0.15, 0.2) is 0 Å². The van der Waals surface area contributed by atoms with Crippen molar-refractivity contribution in [3.05, 3.63) is 84.2 Å². The van der Waals surface area contributed by atoms with Crippen LogP contribution in [0.2, 0.25) is 0 Å². The molecule has 4 aromatic rings. The number of hydrogen-bond acceptors (Lipinski definition) is 4. The lowest BCUT2D eigenvalue weighted by atomic mass is 10.1. The quantitative estimate of drug-likeness (QED) is 0.451. The predicted octanol–water partition coefficient (Wildman–Crippen LogP) is 4.62. The Morgan fingerprint density at radius 2 is 1.56 bits per heavy atom. The molecule has 1 fully saturated rings. The maximum absolute atomic E-state index is 12.9. The van der Waals surface area contributed by atoms with Gasteiger partial charge in [0.1, 0.15) is 17.3 Å². The molecular formula is C26H25N3O3. The maximum atomic E-state index is 12.9. The highest BCUT2D eigenvalue weighted by Crippen LogP contribution is 2.34. The molecule has 1 aromatic heterocycles. The molecule has 0 aliphatic carbocycles. The summed E-state index contributed by atoms with van der Waals surface area (Å²) in [6.45, 7) is 1.30. The number of methoxy groups -OCH3 is 2. The Morgan fingerprint density at radius 1 is 0.906 bits per heavy atom. The number of benzene rings is 3. The van der Waals surface area contributed by atoms with Crippen LogP contribution in [0.1, 0.15) is 23.7 Å². The van der Waals surface area contributed by atoms with Gasteiger partial charge in [-0.25, -0.2) is 4.98 Å². The molecule has 1 aliphatic rings. The fourth-order valence-electron chi connectivity index (χ4n) is 4.38. The zero-order valence-electron chi connectivity index (χ0n) is 18.2. The standard InChI is InChI=1S/C26H25N3O3/c1-31-21-11-7-18(8-12-21)16-29-24-6-4-3-5-23(24)27-26(29)19-15-25(30)28(17-19)20-9-13-22(32-2)14-10-20/h3-14,19H,15-17H2,1-2H3/t19-/m1/s1. The van der Waals surface area contributed by atoms with Crippen LogP contribution in [0, 0.1) is 0 Å². The van der Waals surface area contributed by atoms with Gasteiger partial charge in [0.2, 0.25) is 5.91 Å². The van der Waals surface area contributed by atoms with E-state index in [4.69, 9.17) is 14.5 Å². The third kappa shape index (κ3) is 3.68. The first-order chi connectivity index (χ1) is 15.7. The SMILES string of the molecule is COc1ccc(Cn2c([C@@H]3CC(=O)N(c4ccc(OC)cc4)C3)nc3ccccc32)cc1. The van der Waals surface area contributed by atoms with Crippen LogP contribution in [0.25, 0.3) is 11.0 Å². The van der Waals surface area contributed by atoms with E-state index < -0.39 is 0 Å². The van der Waals surface area contributed by atoms with Crippen molar-refractivity contribution in [1.29, 1.82) is 0 Å². The second kappa shape index (κ2) is 8.38. The van der Waals surface area contributed by atoms with E-state index in [0.717, 1.165) is 39.6 Å². The summed E-state index contributed by atoms with van der Waals surface area (Å²) in [5, 5.41) is 0. The van der Waals surface area contributed by atoms with Gasteiger partial charge in [0, 0.05) is 31.1 Å². The van der Waals surface area contributed by atoms with E-state index in [1.165, 1.54) is 0 Å². The molecule has 5 rings (SSSR count). The molecule has 1 amide bonds. The highest BCUT2D eigenvalue weighted by molar-refractivity contribution is 5.96. The lowest BCUT2D eigenvalue weighted by Crippen LogP contribution is -2.24. The molecule has 6 heteroatoms. The second-order valence-electron chi connectivity index (χ2n) is 8.00. The van der Waals surface area contributed by atoms with Gasteiger partial charge < -0.3 is 18.9 Å². The monoisotopic (exact) mass is 427 g/mol. The van der Waals surface area contributed by atoms with Gasteiger partial charge in [-0.2, -0.15) is 0 Å². The number of carbonyl (C=O) groups excluding carboxylic acids is 1. The van der Waals surface area contributed by atoms with Gasteiger partial charge in [0.25, 0.3) is 0 Å².